The van der Waals surface area contributed by atoms with Crippen molar-refractivity contribution < 1.29 is 14.3 Å². The van der Waals surface area contributed by atoms with Crippen LogP contribution in [0, 0.1) is 0 Å². The van der Waals surface area contributed by atoms with E-state index in [9.17, 15) is 4.79 Å². The van der Waals surface area contributed by atoms with Crippen LogP contribution in [-0.2, 0) is 6.61 Å². The number of rotatable bonds is 6. The fourth-order valence-corrected chi connectivity index (χ4v) is 2.84. The topological polar surface area (TPSA) is 60.5 Å². The van der Waals surface area contributed by atoms with Crippen molar-refractivity contribution in [2.24, 2.45) is 0 Å². The Hall–Kier alpha value is -2.57. The average molecular weight is 375 g/mol. The lowest BCUT2D eigenvalue weighted by Gasteiger charge is -2.05. The first kappa shape index (κ1) is 17.3. The van der Waals surface area contributed by atoms with Crippen molar-refractivity contribution in [1.82, 2.24) is 4.98 Å². The highest BCUT2D eigenvalue weighted by Gasteiger charge is 2.11. The Morgan fingerprint density at radius 1 is 1.12 bits per heavy atom. The van der Waals surface area contributed by atoms with E-state index in [-0.39, 0.29) is 5.91 Å². The van der Waals surface area contributed by atoms with Crippen molar-refractivity contribution in [3.63, 3.8) is 0 Å². The summed E-state index contributed by atoms with van der Waals surface area (Å²) in [7, 11) is 1.59. The molecule has 1 heterocycles. The molecule has 0 fully saturated rings. The molecule has 3 rings (SSSR count). The monoisotopic (exact) mass is 374 g/mol. The summed E-state index contributed by atoms with van der Waals surface area (Å²) in [6.07, 6.45) is 0. The predicted octanol–water partition coefficient (Wildman–Crippen LogP) is 4.64. The van der Waals surface area contributed by atoms with E-state index in [4.69, 9.17) is 21.1 Å². The van der Waals surface area contributed by atoms with Gasteiger partial charge >= 0.3 is 0 Å². The third kappa shape index (κ3) is 4.71. The highest BCUT2D eigenvalue weighted by atomic mass is 35.5. The molecular formula is C18H15ClN2O3S. The van der Waals surface area contributed by atoms with E-state index in [1.807, 2.05) is 0 Å². The molecule has 0 aliphatic carbocycles. The maximum absolute atomic E-state index is 12.2. The fourth-order valence-electron chi connectivity index (χ4n) is 2.03. The molecule has 2 aromatic carbocycles. The lowest BCUT2D eigenvalue weighted by atomic mass is 10.3. The predicted molar refractivity (Wildman–Crippen MR) is 98.8 cm³/mol. The Bertz CT molecular complexity index is 848. The Morgan fingerprint density at radius 3 is 2.48 bits per heavy atom. The molecule has 0 spiro atoms. The van der Waals surface area contributed by atoms with Crippen molar-refractivity contribution in [3.8, 4) is 11.5 Å². The first-order chi connectivity index (χ1) is 12.1. The van der Waals surface area contributed by atoms with Crippen molar-refractivity contribution in [2.45, 2.75) is 6.61 Å². The summed E-state index contributed by atoms with van der Waals surface area (Å²) in [6, 6.07) is 14.2. The third-order valence-electron chi connectivity index (χ3n) is 3.31. The Labute approximate surface area is 154 Å². The van der Waals surface area contributed by atoms with Crippen LogP contribution in [0.5, 0.6) is 11.5 Å². The minimum absolute atomic E-state index is 0.265. The lowest BCUT2D eigenvalue weighted by Crippen LogP contribution is -2.12. The zero-order chi connectivity index (χ0) is 17.6. The Balaban J connectivity index is 1.58. The van der Waals surface area contributed by atoms with Crippen LogP contribution in [0.25, 0.3) is 0 Å². The molecule has 5 nitrogen and oxygen atoms in total. The van der Waals surface area contributed by atoms with E-state index >= 15 is 0 Å². The van der Waals surface area contributed by atoms with Crippen LogP contribution in [-0.4, -0.2) is 18.0 Å². The van der Waals surface area contributed by atoms with Crippen molar-refractivity contribution in [3.05, 3.63) is 69.6 Å². The molecule has 0 radical (unpaired) electrons. The smallest absolute Gasteiger partial charge is 0.275 e. The van der Waals surface area contributed by atoms with E-state index in [0.29, 0.717) is 28.8 Å². The molecule has 0 saturated carbocycles. The van der Waals surface area contributed by atoms with Crippen LogP contribution in [0.3, 0.4) is 0 Å². The molecule has 0 unspecified atom stereocenters. The minimum atomic E-state index is -0.265. The van der Waals surface area contributed by atoms with Gasteiger partial charge in [-0.05, 0) is 48.5 Å². The number of amides is 1. The summed E-state index contributed by atoms with van der Waals surface area (Å²) in [5.74, 6) is 1.16. The van der Waals surface area contributed by atoms with E-state index < -0.39 is 0 Å². The van der Waals surface area contributed by atoms with Crippen molar-refractivity contribution in [1.29, 1.82) is 0 Å². The standard InChI is InChI=1S/C18H15ClN2O3S/c1-23-14-8-4-13(5-9-14)20-18(22)16-11-25-17(21-16)10-24-15-6-2-12(19)3-7-15/h2-9,11H,10H2,1H3,(H,20,22). The molecule has 0 bridgehead atoms. The van der Waals surface area contributed by atoms with Gasteiger partial charge in [0, 0.05) is 16.1 Å². The molecule has 0 aliphatic rings. The zero-order valence-corrected chi connectivity index (χ0v) is 14.9. The first-order valence-corrected chi connectivity index (χ1v) is 8.68. The molecular weight excluding hydrogens is 360 g/mol. The zero-order valence-electron chi connectivity index (χ0n) is 13.4. The Kier molecular flexibility index (Phi) is 5.53. The van der Waals surface area contributed by atoms with Gasteiger partial charge in [-0.2, -0.15) is 0 Å². The molecule has 1 N–H and O–H groups in total. The van der Waals surface area contributed by atoms with Gasteiger partial charge in [0.2, 0.25) is 0 Å². The number of benzene rings is 2. The fraction of sp³-hybridized carbons (Fsp3) is 0.111. The first-order valence-electron chi connectivity index (χ1n) is 7.42. The summed E-state index contributed by atoms with van der Waals surface area (Å²) >= 11 is 7.21. The molecule has 0 aliphatic heterocycles. The number of hydrogen-bond donors (Lipinski definition) is 1. The highest BCUT2D eigenvalue weighted by molar-refractivity contribution is 7.09. The average Bonchev–Trinajstić information content (AvgIpc) is 3.11. The van der Waals surface area contributed by atoms with Gasteiger partial charge in [-0.25, -0.2) is 4.98 Å². The molecule has 25 heavy (non-hydrogen) atoms. The minimum Gasteiger partial charge on any atom is -0.497 e. The molecule has 7 heteroatoms. The normalized spacial score (nSPS) is 10.3. The van der Waals surface area contributed by atoms with Crippen LogP contribution < -0.4 is 14.8 Å². The van der Waals surface area contributed by atoms with E-state index in [1.54, 1.807) is 61.0 Å². The lowest BCUT2D eigenvalue weighted by molar-refractivity contribution is 0.102. The number of aromatic nitrogens is 1. The van der Waals surface area contributed by atoms with Gasteiger partial charge in [0.15, 0.2) is 0 Å². The van der Waals surface area contributed by atoms with Crippen LogP contribution in [0.4, 0.5) is 5.69 Å². The molecule has 128 valence electrons. The number of carbonyl (C=O) groups excluding carboxylic acids is 1. The summed E-state index contributed by atoms with van der Waals surface area (Å²) in [6.45, 7) is 0.294. The summed E-state index contributed by atoms with van der Waals surface area (Å²) in [5, 5.41) is 5.87. The number of nitrogens with one attached hydrogen (secondary N) is 1. The maximum atomic E-state index is 12.2. The van der Waals surface area contributed by atoms with E-state index in [1.165, 1.54) is 11.3 Å². The van der Waals surface area contributed by atoms with E-state index in [0.717, 1.165) is 10.8 Å². The molecule has 1 aromatic heterocycles. The van der Waals surface area contributed by atoms with Crippen molar-refractivity contribution in [2.75, 3.05) is 12.4 Å². The van der Waals surface area contributed by atoms with Crippen LogP contribution in [0.2, 0.25) is 5.02 Å². The number of halogens is 1. The number of anilines is 1. The highest BCUT2D eigenvalue weighted by Crippen LogP contribution is 2.19. The second-order valence-corrected chi connectivity index (χ2v) is 6.43. The summed E-state index contributed by atoms with van der Waals surface area (Å²) < 4.78 is 10.7. The van der Waals surface area contributed by atoms with Crippen LogP contribution in [0.15, 0.2) is 53.9 Å². The number of ether oxygens (including phenoxy) is 2. The van der Waals surface area contributed by atoms with Gasteiger partial charge in [-0.1, -0.05) is 11.6 Å². The van der Waals surface area contributed by atoms with Gasteiger partial charge in [0.25, 0.3) is 5.91 Å². The summed E-state index contributed by atoms with van der Waals surface area (Å²) in [4.78, 5) is 16.5. The largest absolute Gasteiger partial charge is 0.497 e. The quantitative estimate of drug-likeness (QED) is 0.683. The second kappa shape index (κ2) is 8.00. The number of hydrogen-bond acceptors (Lipinski definition) is 5. The molecule has 0 atom stereocenters. The number of carbonyl (C=O) groups is 1. The molecule has 3 aromatic rings. The van der Waals surface area contributed by atoms with Gasteiger partial charge in [0.1, 0.15) is 28.8 Å². The third-order valence-corrected chi connectivity index (χ3v) is 4.38. The van der Waals surface area contributed by atoms with Gasteiger partial charge in [-0.3, -0.25) is 4.79 Å². The molecule has 0 saturated heterocycles. The number of methoxy groups -OCH3 is 1. The van der Waals surface area contributed by atoms with Crippen molar-refractivity contribution >= 4 is 34.5 Å². The molecule has 1 amide bonds. The van der Waals surface area contributed by atoms with Gasteiger partial charge in [0.05, 0.1) is 7.11 Å². The van der Waals surface area contributed by atoms with Gasteiger partial charge in [-0.15, -0.1) is 11.3 Å². The Morgan fingerprint density at radius 2 is 1.80 bits per heavy atom. The second-order valence-electron chi connectivity index (χ2n) is 5.05. The summed E-state index contributed by atoms with van der Waals surface area (Å²) in [5.41, 5.74) is 1.04. The SMILES string of the molecule is COc1ccc(NC(=O)c2csc(COc3ccc(Cl)cc3)n2)cc1. The van der Waals surface area contributed by atoms with Crippen LogP contribution >= 0.6 is 22.9 Å². The number of nitrogens with zero attached hydrogens (tertiary/aromatic N) is 1. The van der Waals surface area contributed by atoms with Crippen LogP contribution in [0.1, 0.15) is 15.5 Å². The van der Waals surface area contributed by atoms with Gasteiger partial charge < -0.3 is 14.8 Å². The van der Waals surface area contributed by atoms with E-state index in [2.05, 4.69) is 10.3 Å². The number of thiazole rings is 1. The maximum Gasteiger partial charge on any atom is 0.275 e.